The zero-order valence-corrected chi connectivity index (χ0v) is 19.0. The standard InChI is InChI=1S/C27H23N3O2S/c1-28-26(31)19-7-4-6-17(14-19)16-29-27(32)24-21-9-2-3-10-23(21)30-25-18(11-12-22(24)25)15-20-8-5-13-33-20/h2-10,13-15H,11-12,16H2,1H3,(H,28,31)(H,29,32)/b18-15+. The highest BCUT2D eigenvalue weighted by molar-refractivity contribution is 7.10. The van der Waals surface area contributed by atoms with Crippen molar-refractivity contribution in [3.05, 3.63) is 98.9 Å². The number of fused-ring (bicyclic) bond motifs is 2. The molecule has 0 bridgehead atoms. The molecule has 33 heavy (non-hydrogen) atoms. The van der Waals surface area contributed by atoms with Crippen LogP contribution in [0.25, 0.3) is 22.6 Å². The van der Waals surface area contributed by atoms with E-state index in [1.165, 1.54) is 10.5 Å². The topological polar surface area (TPSA) is 71.1 Å². The van der Waals surface area contributed by atoms with E-state index in [0.29, 0.717) is 17.7 Å². The molecule has 0 radical (unpaired) electrons. The molecule has 1 aliphatic rings. The largest absolute Gasteiger partial charge is 0.355 e. The van der Waals surface area contributed by atoms with Crippen molar-refractivity contribution in [1.29, 1.82) is 0 Å². The number of rotatable bonds is 5. The summed E-state index contributed by atoms with van der Waals surface area (Å²) in [6, 6.07) is 19.2. The van der Waals surface area contributed by atoms with Crippen LogP contribution in [-0.4, -0.2) is 23.8 Å². The van der Waals surface area contributed by atoms with Crippen LogP contribution in [0.3, 0.4) is 0 Å². The number of aromatic nitrogens is 1. The first kappa shape index (κ1) is 21.1. The zero-order valence-electron chi connectivity index (χ0n) is 18.2. The first-order valence-electron chi connectivity index (χ1n) is 10.9. The summed E-state index contributed by atoms with van der Waals surface area (Å²) in [4.78, 5) is 31.5. The van der Waals surface area contributed by atoms with Crippen LogP contribution in [0.15, 0.2) is 66.0 Å². The molecule has 0 saturated carbocycles. The van der Waals surface area contributed by atoms with E-state index < -0.39 is 0 Å². The summed E-state index contributed by atoms with van der Waals surface area (Å²) in [5.74, 6) is -0.265. The lowest BCUT2D eigenvalue weighted by Gasteiger charge is -2.13. The third-order valence-electron chi connectivity index (χ3n) is 5.90. The number of hydrogen-bond donors (Lipinski definition) is 2. The van der Waals surface area contributed by atoms with Gasteiger partial charge in [-0.05, 0) is 65.3 Å². The van der Waals surface area contributed by atoms with E-state index >= 15 is 0 Å². The van der Waals surface area contributed by atoms with E-state index in [1.54, 1.807) is 30.5 Å². The Morgan fingerprint density at radius 2 is 1.91 bits per heavy atom. The summed E-state index contributed by atoms with van der Waals surface area (Å²) < 4.78 is 0. The van der Waals surface area contributed by atoms with E-state index in [0.717, 1.165) is 40.6 Å². The highest BCUT2D eigenvalue weighted by Crippen LogP contribution is 2.37. The molecule has 1 aliphatic carbocycles. The zero-order chi connectivity index (χ0) is 22.8. The van der Waals surface area contributed by atoms with Gasteiger partial charge in [0.15, 0.2) is 0 Å². The Morgan fingerprint density at radius 3 is 2.73 bits per heavy atom. The van der Waals surface area contributed by atoms with Gasteiger partial charge in [-0.1, -0.05) is 36.4 Å². The number of pyridine rings is 1. The van der Waals surface area contributed by atoms with Crippen molar-refractivity contribution in [1.82, 2.24) is 15.6 Å². The number of carbonyl (C=O) groups excluding carboxylic acids is 2. The monoisotopic (exact) mass is 453 g/mol. The highest BCUT2D eigenvalue weighted by Gasteiger charge is 2.26. The molecular weight excluding hydrogens is 430 g/mol. The molecule has 0 atom stereocenters. The molecular formula is C27H23N3O2S. The first-order chi connectivity index (χ1) is 16.1. The maximum atomic E-state index is 13.5. The lowest BCUT2D eigenvalue weighted by atomic mass is 10.00. The number of hydrogen-bond acceptors (Lipinski definition) is 4. The minimum absolute atomic E-state index is 0.118. The molecule has 2 heterocycles. The van der Waals surface area contributed by atoms with Gasteiger partial charge in [0, 0.05) is 29.4 Å². The van der Waals surface area contributed by atoms with Crippen LogP contribution in [-0.2, 0) is 13.0 Å². The quantitative estimate of drug-likeness (QED) is 0.443. The maximum absolute atomic E-state index is 13.5. The first-order valence-corrected chi connectivity index (χ1v) is 11.8. The number of para-hydroxylation sites is 1. The van der Waals surface area contributed by atoms with E-state index in [-0.39, 0.29) is 11.8 Å². The molecule has 5 nitrogen and oxygen atoms in total. The minimum atomic E-state index is -0.147. The number of amides is 2. The Morgan fingerprint density at radius 1 is 1.03 bits per heavy atom. The molecule has 2 aromatic carbocycles. The molecule has 0 fully saturated rings. The fourth-order valence-corrected chi connectivity index (χ4v) is 5.00. The van der Waals surface area contributed by atoms with Crippen molar-refractivity contribution >= 4 is 45.7 Å². The molecule has 0 saturated heterocycles. The lowest BCUT2D eigenvalue weighted by molar-refractivity contribution is 0.0949. The van der Waals surface area contributed by atoms with E-state index in [1.807, 2.05) is 42.5 Å². The van der Waals surface area contributed by atoms with Crippen LogP contribution in [0, 0.1) is 0 Å². The smallest absolute Gasteiger partial charge is 0.252 e. The third kappa shape index (κ3) is 4.17. The number of thiophene rings is 1. The SMILES string of the molecule is CNC(=O)c1cccc(CNC(=O)c2c3c(nc4ccccc24)/C(=C/c2cccs2)CC3)c1. The molecule has 2 N–H and O–H groups in total. The van der Waals surface area contributed by atoms with Gasteiger partial charge in [0.2, 0.25) is 0 Å². The van der Waals surface area contributed by atoms with Gasteiger partial charge in [-0.2, -0.15) is 0 Å². The second kappa shape index (κ2) is 9.00. The van der Waals surface area contributed by atoms with Gasteiger partial charge < -0.3 is 10.6 Å². The Labute approximate surface area is 196 Å². The average molecular weight is 454 g/mol. The number of nitrogens with one attached hydrogen (secondary N) is 2. The summed E-state index contributed by atoms with van der Waals surface area (Å²) in [6.07, 6.45) is 3.84. The molecule has 2 amide bonds. The molecule has 5 rings (SSSR count). The fourth-order valence-electron chi connectivity index (χ4n) is 4.32. The van der Waals surface area contributed by atoms with E-state index in [9.17, 15) is 9.59 Å². The van der Waals surface area contributed by atoms with Crippen LogP contribution < -0.4 is 10.6 Å². The van der Waals surface area contributed by atoms with Gasteiger partial charge in [-0.15, -0.1) is 11.3 Å². The van der Waals surface area contributed by atoms with Gasteiger partial charge in [-0.3, -0.25) is 9.59 Å². The number of allylic oxidation sites excluding steroid dienone is 1. The Kier molecular flexibility index (Phi) is 5.75. The molecule has 0 unspecified atom stereocenters. The molecule has 4 aromatic rings. The van der Waals surface area contributed by atoms with E-state index in [4.69, 9.17) is 4.98 Å². The summed E-state index contributed by atoms with van der Waals surface area (Å²) in [5, 5.41) is 8.62. The Hall–Kier alpha value is -3.77. The summed E-state index contributed by atoms with van der Waals surface area (Å²) in [6.45, 7) is 0.340. The predicted octanol–water partition coefficient (Wildman–Crippen LogP) is 5.07. The Bertz CT molecular complexity index is 1390. The third-order valence-corrected chi connectivity index (χ3v) is 6.72. The van der Waals surface area contributed by atoms with Crippen LogP contribution in [0.1, 0.15) is 48.8 Å². The van der Waals surface area contributed by atoms with Gasteiger partial charge in [0.25, 0.3) is 11.8 Å². The Balaban J connectivity index is 1.49. The molecule has 0 aliphatic heterocycles. The predicted molar refractivity (Wildman–Crippen MR) is 133 cm³/mol. The summed E-state index contributed by atoms with van der Waals surface area (Å²) in [7, 11) is 1.60. The van der Waals surface area contributed by atoms with Crippen LogP contribution in [0.2, 0.25) is 0 Å². The molecule has 0 spiro atoms. The van der Waals surface area contributed by atoms with E-state index in [2.05, 4.69) is 28.2 Å². The number of benzene rings is 2. The number of carbonyl (C=O) groups is 2. The van der Waals surface area contributed by atoms with Gasteiger partial charge in [0.05, 0.1) is 16.8 Å². The summed E-state index contributed by atoms with van der Waals surface area (Å²) >= 11 is 1.70. The number of nitrogens with zero attached hydrogens (tertiary/aromatic N) is 1. The van der Waals surface area contributed by atoms with Crippen molar-refractivity contribution in [3.8, 4) is 0 Å². The van der Waals surface area contributed by atoms with Gasteiger partial charge >= 0.3 is 0 Å². The van der Waals surface area contributed by atoms with Crippen molar-refractivity contribution in [2.24, 2.45) is 0 Å². The van der Waals surface area contributed by atoms with Crippen LogP contribution in [0.5, 0.6) is 0 Å². The van der Waals surface area contributed by atoms with Crippen molar-refractivity contribution in [2.45, 2.75) is 19.4 Å². The van der Waals surface area contributed by atoms with Crippen LogP contribution >= 0.6 is 11.3 Å². The minimum Gasteiger partial charge on any atom is -0.355 e. The van der Waals surface area contributed by atoms with Gasteiger partial charge in [0.1, 0.15) is 0 Å². The molecule has 2 aromatic heterocycles. The average Bonchev–Trinajstić information content (AvgIpc) is 3.51. The molecule has 6 heteroatoms. The van der Waals surface area contributed by atoms with Crippen LogP contribution in [0.4, 0.5) is 0 Å². The fraction of sp³-hybridized carbons (Fsp3) is 0.148. The molecule has 164 valence electrons. The maximum Gasteiger partial charge on any atom is 0.252 e. The second-order valence-corrected chi connectivity index (χ2v) is 8.96. The summed E-state index contributed by atoms with van der Waals surface area (Å²) in [5.41, 5.74) is 6.07. The van der Waals surface area contributed by atoms with Crippen molar-refractivity contribution in [3.63, 3.8) is 0 Å². The van der Waals surface area contributed by atoms with Crippen molar-refractivity contribution in [2.75, 3.05) is 7.05 Å². The van der Waals surface area contributed by atoms with Crippen molar-refractivity contribution < 1.29 is 9.59 Å². The highest BCUT2D eigenvalue weighted by atomic mass is 32.1. The normalized spacial score (nSPS) is 13.8. The second-order valence-electron chi connectivity index (χ2n) is 7.98. The van der Waals surface area contributed by atoms with Gasteiger partial charge in [-0.25, -0.2) is 4.98 Å². The lowest BCUT2D eigenvalue weighted by Crippen LogP contribution is -2.25.